The molecule has 0 spiro atoms. The van der Waals surface area contributed by atoms with E-state index in [9.17, 15) is 0 Å². The molecule has 1 aliphatic heterocycles. The number of nitrogens with zero attached hydrogens (tertiary/aromatic N) is 1. The molecule has 0 unspecified atom stereocenters. The molecule has 0 fully saturated rings. The van der Waals surface area contributed by atoms with Crippen LogP contribution in [-0.4, -0.2) is 0 Å². The molecule has 6 rings (SSSR count). The number of aryl methyl sites for hydroxylation is 3. The zero-order chi connectivity index (χ0) is 21.5. The Kier molecular flexibility index (Phi) is 2.45. The summed E-state index contributed by atoms with van der Waals surface area (Å²) in [5, 5.41) is 6.28. The summed E-state index contributed by atoms with van der Waals surface area (Å²) < 4.78 is 32.1. The molecule has 2 heterocycles. The number of hydrogen-bond donors (Lipinski definition) is 0. The van der Waals surface area contributed by atoms with E-state index in [4.69, 9.17) is 8.85 Å². The average molecular weight is 365 g/mol. The van der Waals surface area contributed by atoms with Crippen molar-refractivity contribution in [2.24, 2.45) is 7.05 Å². The van der Waals surface area contributed by atoms with Gasteiger partial charge in [-0.2, -0.15) is 0 Å². The molecule has 2 heteroatoms. The molecule has 4 aromatic carbocycles. The topological polar surface area (TPSA) is 13.1 Å². The minimum absolute atomic E-state index is 0.351. The van der Waals surface area contributed by atoms with E-state index in [1.807, 2.05) is 31.4 Å². The lowest BCUT2D eigenvalue weighted by molar-refractivity contribution is -0.659. The van der Waals surface area contributed by atoms with Gasteiger partial charge in [-0.05, 0) is 53.0 Å². The van der Waals surface area contributed by atoms with Crippen molar-refractivity contribution in [2.45, 2.75) is 13.8 Å². The van der Waals surface area contributed by atoms with Crippen molar-refractivity contribution >= 4 is 32.3 Å². The van der Waals surface area contributed by atoms with Crippen LogP contribution in [0.5, 0.6) is 11.5 Å². The largest absolute Gasteiger partial charge is 0.456 e. The summed E-state index contributed by atoms with van der Waals surface area (Å²) in [5.41, 5.74) is 3.71. The Balaban J connectivity index is 1.78. The van der Waals surface area contributed by atoms with Crippen molar-refractivity contribution < 1.29 is 13.4 Å². The fourth-order valence-electron chi connectivity index (χ4n) is 4.62. The van der Waals surface area contributed by atoms with Crippen LogP contribution in [0, 0.1) is 13.8 Å². The van der Waals surface area contributed by atoms with Crippen LogP contribution in [0.25, 0.3) is 43.6 Å². The van der Waals surface area contributed by atoms with Gasteiger partial charge in [-0.1, -0.05) is 48.0 Å². The second-order valence-electron chi connectivity index (χ2n) is 7.57. The van der Waals surface area contributed by atoms with Gasteiger partial charge < -0.3 is 4.74 Å². The van der Waals surface area contributed by atoms with Gasteiger partial charge >= 0.3 is 0 Å². The highest BCUT2D eigenvalue weighted by Crippen LogP contribution is 2.49. The molecule has 0 bridgehead atoms. The Bertz CT molecular complexity index is 1570. The summed E-state index contributed by atoms with van der Waals surface area (Å²) in [6.45, 7) is -0.000727. The maximum absolute atomic E-state index is 7.83. The van der Waals surface area contributed by atoms with E-state index in [1.54, 1.807) is 12.1 Å². The standard InChI is InChI=1S/C26H20NO/c1-15-8-9-18-14-23-25-20(21(18)12-15)10-11-27(3)26(25)24-16(2)19-7-5-4-6-17(19)13-22(24)28-23/h4-14H,1-3H3/q+1/i1D3. The Morgan fingerprint density at radius 2 is 1.68 bits per heavy atom. The highest BCUT2D eigenvalue weighted by Gasteiger charge is 2.30. The van der Waals surface area contributed by atoms with Gasteiger partial charge in [-0.25, -0.2) is 4.57 Å². The highest BCUT2D eigenvalue weighted by atomic mass is 16.5. The molecular formula is C26H20NO+. The van der Waals surface area contributed by atoms with Crippen LogP contribution < -0.4 is 9.30 Å². The normalized spacial score (nSPS) is 14.4. The molecule has 134 valence electrons. The van der Waals surface area contributed by atoms with Crippen LogP contribution in [0.4, 0.5) is 0 Å². The highest BCUT2D eigenvalue weighted by molar-refractivity contribution is 6.16. The minimum Gasteiger partial charge on any atom is -0.456 e. The van der Waals surface area contributed by atoms with Crippen molar-refractivity contribution in [3.05, 3.63) is 78.0 Å². The molecule has 5 aromatic rings. The predicted molar refractivity (Wildman–Crippen MR) is 115 cm³/mol. The number of aromatic nitrogens is 1. The Morgan fingerprint density at radius 3 is 2.57 bits per heavy atom. The van der Waals surface area contributed by atoms with Gasteiger partial charge in [0, 0.05) is 15.6 Å². The summed E-state index contributed by atoms with van der Waals surface area (Å²) in [4.78, 5) is 0. The summed E-state index contributed by atoms with van der Waals surface area (Å²) >= 11 is 0. The Hall–Kier alpha value is -3.39. The van der Waals surface area contributed by atoms with E-state index in [-0.39, 0.29) is 0 Å². The molecule has 0 radical (unpaired) electrons. The summed E-state index contributed by atoms with van der Waals surface area (Å²) in [5.74, 6) is 1.66. The van der Waals surface area contributed by atoms with Crippen LogP contribution >= 0.6 is 0 Å². The molecule has 0 N–H and O–H groups in total. The Labute approximate surface area is 167 Å². The number of hydrogen-bond acceptors (Lipinski definition) is 1. The lowest BCUT2D eigenvalue weighted by atomic mass is 9.90. The first-order valence-electron chi connectivity index (χ1n) is 10.9. The number of pyridine rings is 1. The third kappa shape index (κ3) is 1.95. The number of fused-ring (bicyclic) bond motifs is 5. The van der Waals surface area contributed by atoms with E-state index < -0.39 is 6.85 Å². The first-order valence-corrected chi connectivity index (χ1v) is 9.43. The van der Waals surface area contributed by atoms with Gasteiger partial charge in [-0.15, -0.1) is 0 Å². The fourth-order valence-corrected chi connectivity index (χ4v) is 4.62. The first kappa shape index (κ1) is 12.9. The molecule has 0 saturated heterocycles. The van der Waals surface area contributed by atoms with E-state index in [0.29, 0.717) is 5.56 Å². The fraction of sp³-hybridized carbons (Fsp3) is 0.115. The van der Waals surface area contributed by atoms with E-state index in [1.165, 1.54) is 10.9 Å². The van der Waals surface area contributed by atoms with Gasteiger partial charge in [0.05, 0.1) is 10.9 Å². The molecule has 0 amide bonds. The maximum Gasteiger partial charge on any atom is 0.228 e. The van der Waals surface area contributed by atoms with E-state index in [0.717, 1.165) is 49.7 Å². The molecule has 2 nitrogen and oxygen atoms in total. The summed E-state index contributed by atoms with van der Waals surface area (Å²) in [6.07, 6.45) is 2.05. The zero-order valence-corrected chi connectivity index (χ0v) is 15.7. The van der Waals surface area contributed by atoms with Gasteiger partial charge in [0.15, 0.2) is 6.20 Å². The second kappa shape index (κ2) is 5.32. The SMILES string of the molecule is [2H]C([2H])([2H])c1ccc2cc3c4c([n+](C)ccc4c2c1)-c1c(cc2ccccc2c1C)O3. The number of benzene rings is 4. The number of ether oxygens (including phenoxy) is 1. The van der Waals surface area contributed by atoms with Crippen LogP contribution in [-0.2, 0) is 7.05 Å². The summed E-state index contributed by atoms with van der Waals surface area (Å²) in [7, 11) is 2.05. The van der Waals surface area contributed by atoms with Crippen LogP contribution in [0.3, 0.4) is 0 Å². The molecule has 0 aliphatic carbocycles. The van der Waals surface area contributed by atoms with E-state index in [2.05, 4.69) is 41.8 Å². The van der Waals surface area contributed by atoms with Crippen molar-refractivity contribution in [1.29, 1.82) is 0 Å². The predicted octanol–water partition coefficient (Wildman–Crippen LogP) is 6.36. The average Bonchev–Trinajstić information content (AvgIpc) is 2.74. The number of rotatable bonds is 0. The lowest BCUT2D eigenvalue weighted by Gasteiger charge is -2.22. The molecule has 0 atom stereocenters. The van der Waals surface area contributed by atoms with Crippen LogP contribution in [0.2, 0.25) is 0 Å². The monoisotopic (exact) mass is 365 g/mol. The quantitative estimate of drug-likeness (QED) is 0.225. The third-order valence-electron chi connectivity index (χ3n) is 5.93. The van der Waals surface area contributed by atoms with Crippen LogP contribution in [0.1, 0.15) is 15.2 Å². The third-order valence-corrected chi connectivity index (χ3v) is 5.93. The minimum atomic E-state index is -2.14. The second-order valence-corrected chi connectivity index (χ2v) is 7.57. The molecule has 0 saturated carbocycles. The maximum atomic E-state index is 7.83. The first-order chi connectivity index (χ1) is 14.8. The van der Waals surface area contributed by atoms with Gasteiger partial charge in [0.2, 0.25) is 5.69 Å². The smallest absolute Gasteiger partial charge is 0.228 e. The lowest BCUT2D eigenvalue weighted by Crippen LogP contribution is -2.31. The summed E-state index contributed by atoms with van der Waals surface area (Å²) in [6, 6.07) is 19.9. The molecule has 1 aromatic heterocycles. The van der Waals surface area contributed by atoms with Crippen molar-refractivity contribution in [1.82, 2.24) is 0 Å². The Morgan fingerprint density at radius 1 is 0.857 bits per heavy atom. The molecule has 1 aliphatic rings. The van der Waals surface area contributed by atoms with E-state index >= 15 is 0 Å². The van der Waals surface area contributed by atoms with Crippen molar-refractivity contribution in [3.63, 3.8) is 0 Å². The zero-order valence-electron chi connectivity index (χ0n) is 18.7. The van der Waals surface area contributed by atoms with Crippen LogP contribution in [0.15, 0.2) is 66.9 Å². The van der Waals surface area contributed by atoms with Gasteiger partial charge in [-0.3, -0.25) is 0 Å². The van der Waals surface area contributed by atoms with Crippen molar-refractivity contribution in [2.75, 3.05) is 0 Å². The van der Waals surface area contributed by atoms with Gasteiger partial charge in [0.25, 0.3) is 0 Å². The van der Waals surface area contributed by atoms with Crippen molar-refractivity contribution in [3.8, 4) is 22.8 Å². The molecule has 28 heavy (non-hydrogen) atoms. The van der Waals surface area contributed by atoms with Gasteiger partial charge in [0.1, 0.15) is 18.5 Å². The molecular weight excluding hydrogens is 342 g/mol.